The summed E-state index contributed by atoms with van der Waals surface area (Å²) in [5.74, 6) is 1.76. The normalized spacial score (nSPS) is 16.0. The van der Waals surface area contributed by atoms with Crippen LogP contribution in [-0.2, 0) is 17.8 Å². The molecule has 0 radical (unpaired) electrons. The SMILES string of the molecule is CCOc1ccc(CN(C)C(=O)C2COc3ccccc3C2)cc1. The Morgan fingerprint density at radius 1 is 1.21 bits per heavy atom. The molecular weight excluding hydrogens is 302 g/mol. The molecule has 126 valence electrons. The van der Waals surface area contributed by atoms with Crippen molar-refractivity contribution < 1.29 is 14.3 Å². The fourth-order valence-corrected chi connectivity index (χ4v) is 3.01. The number of rotatable bonds is 5. The van der Waals surface area contributed by atoms with Crippen molar-refractivity contribution in [3.63, 3.8) is 0 Å². The number of amides is 1. The number of nitrogens with zero attached hydrogens (tertiary/aromatic N) is 1. The third-order valence-corrected chi connectivity index (χ3v) is 4.26. The molecule has 0 fully saturated rings. The van der Waals surface area contributed by atoms with Gasteiger partial charge in [0.25, 0.3) is 0 Å². The van der Waals surface area contributed by atoms with Crippen molar-refractivity contribution in [3.05, 3.63) is 59.7 Å². The fraction of sp³-hybridized carbons (Fsp3) is 0.350. The van der Waals surface area contributed by atoms with Crippen molar-refractivity contribution in [1.82, 2.24) is 4.90 Å². The van der Waals surface area contributed by atoms with Gasteiger partial charge in [-0.1, -0.05) is 30.3 Å². The topological polar surface area (TPSA) is 38.8 Å². The van der Waals surface area contributed by atoms with E-state index in [4.69, 9.17) is 9.47 Å². The van der Waals surface area contributed by atoms with Crippen LogP contribution in [0.5, 0.6) is 11.5 Å². The van der Waals surface area contributed by atoms with Crippen LogP contribution in [0.2, 0.25) is 0 Å². The van der Waals surface area contributed by atoms with Gasteiger partial charge in [-0.2, -0.15) is 0 Å². The molecule has 1 atom stereocenters. The van der Waals surface area contributed by atoms with Crippen LogP contribution in [0.4, 0.5) is 0 Å². The molecule has 24 heavy (non-hydrogen) atoms. The second-order valence-corrected chi connectivity index (χ2v) is 6.09. The minimum absolute atomic E-state index is 0.118. The van der Waals surface area contributed by atoms with Gasteiger partial charge in [0.15, 0.2) is 0 Å². The van der Waals surface area contributed by atoms with Gasteiger partial charge in [-0.05, 0) is 42.7 Å². The van der Waals surface area contributed by atoms with Gasteiger partial charge < -0.3 is 14.4 Å². The zero-order chi connectivity index (χ0) is 16.9. The van der Waals surface area contributed by atoms with E-state index in [1.807, 2.05) is 62.5 Å². The van der Waals surface area contributed by atoms with Crippen molar-refractivity contribution >= 4 is 5.91 Å². The second kappa shape index (κ2) is 7.39. The van der Waals surface area contributed by atoms with E-state index in [2.05, 4.69) is 0 Å². The van der Waals surface area contributed by atoms with Crippen molar-refractivity contribution in [3.8, 4) is 11.5 Å². The molecule has 1 heterocycles. The number of carbonyl (C=O) groups is 1. The van der Waals surface area contributed by atoms with Crippen molar-refractivity contribution in [1.29, 1.82) is 0 Å². The maximum absolute atomic E-state index is 12.7. The molecule has 0 spiro atoms. The van der Waals surface area contributed by atoms with Gasteiger partial charge in [0.05, 0.1) is 12.5 Å². The molecule has 0 bridgehead atoms. The molecule has 0 aliphatic carbocycles. The number of fused-ring (bicyclic) bond motifs is 1. The van der Waals surface area contributed by atoms with Crippen LogP contribution in [-0.4, -0.2) is 31.1 Å². The van der Waals surface area contributed by atoms with Crippen LogP contribution in [0.15, 0.2) is 48.5 Å². The first-order valence-corrected chi connectivity index (χ1v) is 8.34. The number of hydrogen-bond donors (Lipinski definition) is 0. The molecule has 2 aromatic carbocycles. The predicted octanol–water partition coefficient (Wildman–Crippen LogP) is 3.30. The van der Waals surface area contributed by atoms with Gasteiger partial charge >= 0.3 is 0 Å². The monoisotopic (exact) mass is 325 g/mol. The Hall–Kier alpha value is -2.49. The van der Waals surface area contributed by atoms with E-state index >= 15 is 0 Å². The highest BCUT2D eigenvalue weighted by atomic mass is 16.5. The van der Waals surface area contributed by atoms with E-state index in [0.29, 0.717) is 19.8 Å². The van der Waals surface area contributed by atoms with E-state index in [9.17, 15) is 4.79 Å². The summed E-state index contributed by atoms with van der Waals surface area (Å²) in [6, 6.07) is 15.8. The molecular formula is C20H23NO3. The Labute approximate surface area is 143 Å². The lowest BCUT2D eigenvalue weighted by Crippen LogP contribution is -2.38. The quantitative estimate of drug-likeness (QED) is 0.847. The number of ether oxygens (including phenoxy) is 2. The van der Waals surface area contributed by atoms with Crippen molar-refractivity contribution in [2.45, 2.75) is 19.9 Å². The molecule has 1 unspecified atom stereocenters. The molecule has 3 rings (SSSR count). The molecule has 1 aliphatic heterocycles. The zero-order valence-electron chi connectivity index (χ0n) is 14.2. The molecule has 4 nitrogen and oxygen atoms in total. The lowest BCUT2D eigenvalue weighted by atomic mass is 9.95. The minimum Gasteiger partial charge on any atom is -0.494 e. The first-order chi connectivity index (χ1) is 11.7. The third-order valence-electron chi connectivity index (χ3n) is 4.26. The van der Waals surface area contributed by atoms with Gasteiger partial charge in [0.2, 0.25) is 5.91 Å². The van der Waals surface area contributed by atoms with E-state index in [1.165, 1.54) is 0 Å². The number of para-hydroxylation sites is 1. The molecule has 0 aromatic heterocycles. The molecule has 4 heteroatoms. The summed E-state index contributed by atoms with van der Waals surface area (Å²) in [7, 11) is 1.85. The van der Waals surface area contributed by atoms with Crippen molar-refractivity contribution in [2.75, 3.05) is 20.3 Å². The Morgan fingerprint density at radius 3 is 2.71 bits per heavy atom. The number of carbonyl (C=O) groups excluding carboxylic acids is 1. The average molecular weight is 325 g/mol. The maximum Gasteiger partial charge on any atom is 0.229 e. The third kappa shape index (κ3) is 3.70. The summed E-state index contributed by atoms with van der Waals surface area (Å²) in [4.78, 5) is 14.5. The maximum atomic E-state index is 12.7. The number of benzene rings is 2. The van der Waals surface area contributed by atoms with Gasteiger partial charge in [0.1, 0.15) is 18.1 Å². The second-order valence-electron chi connectivity index (χ2n) is 6.09. The summed E-state index contributed by atoms with van der Waals surface area (Å²) in [6.45, 7) is 3.65. The van der Waals surface area contributed by atoms with E-state index < -0.39 is 0 Å². The predicted molar refractivity (Wildman–Crippen MR) is 93.2 cm³/mol. The highest BCUT2D eigenvalue weighted by molar-refractivity contribution is 5.79. The molecule has 0 N–H and O–H groups in total. The summed E-state index contributed by atoms with van der Waals surface area (Å²) >= 11 is 0. The first kappa shape index (κ1) is 16.4. The number of hydrogen-bond acceptors (Lipinski definition) is 3. The molecule has 1 aliphatic rings. The van der Waals surface area contributed by atoms with Gasteiger partial charge in [-0.3, -0.25) is 4.79 Å². The highest BCUT2D eigenvalue weighted by Crippen LogP contribution is 2.27. The van der Waals surface area contributed by atoms with E-state index in [1.54, 1.807) is 4.90 Å². The van der Waals surface area contributed by atoms with Crippen LogP contribution in [0, 0.1) is 5.92 Å². The molecule has 2 aromatic rings. The van der Waals surface area contributed by atoms with Gasteiger partial charge in [-0.15, -0.1) is 0 Å². The Morgan fingerprint density at radius 2 is 1.96 bits per heavy atom. The Kier molecular flexibility index (Phi) is 5.04. The molecule has 0 saturated carbocycles. The Bertz CT molecular complexity index is 696. The standard InChI is InChI=1S/C20H23NO3/c1-3-23-18-10-8-15(9-11-18)13-21(2)20(22)17-12-16-6-4-5-7-19(16)24-14-17/h4-11,17H,3,12-14H2,1-2H3. The van der Waals surface area contributed by atoms with Gasteiger partial charge in [0, 0.05) is 13.6 Å². The minimum atomic E-state index is -0.118. The van der Waals surface area contributed by atoms with Crippen LogP contribution >= 0.6 is 0 Å². The summed E-state index contributed by atoms with van der Waals surface area (Å²) < 4.78 is 11.2. The van der Waals surface area contributed by atoms with E-state index in [-0.39, 0.29) is 11.8 Å². The van der Waals surface area contributed by atoms with E-state index in [0.717, 1.165) is 29.0 Å². The summed E-state index contributed by atoms with van der Waals surface area (Å²) in [5, 5.41) is 0. The van der Waals surface area contributed by atoms with Crippen LogP contribution in [0.1, 0.15) is 18.1 Å². The average Bonchev–Trinajstić information content (AvgIpc) is 2.62. The first-order valence-electron chi connectivity index (χ1n) is 8.34. The summed E-state index contributed by atoms with van der Waals surface area (Å²) in [6.07, 6.45) is 0.739. The van der Waals surface area contributed by atoms with Crippen molar-refractivity contribution in [2.24, 2.45) is 5.92 Å². The summed E-state index contributed by atoms with van der Waals surface area (Å²) in [5.41, 5.74) is 2.20. The van der Waals surface area contributed by atoms with Crippen LogP contribution in [0.3, 0.4) is 0 Å². The smallest absolute Gasteiger partial charge is 0.229 e. The highest BCUT2D eigenvalue weighted by Gasteiger charge is 2.28. The molecule has 0 saturated heterocycles. The fourth-order valence-electron chi connectivity index (χ4n) is 3.01. The largest absolute Gasteiger partial charge is 0.494 e. The lowest BCUT2D eigenvalue weighted by Gasteiger charge is -2.28. The lowest BCUT2D eigenvalue weighted by molar-refractivity contribution is -0.136. The van der Waals surface area contributed by atoms with Crippen LogP contribution in [0.25, 0.3) is 0 Å². The Balaban J connectivity index is 1.61. The zero-order valence-corrected chi connectivity index (χ0v) is 14.2. The van der Waals surface area contributed by atoms with Crippen LogP contribution < -0.4 is 9.47 Å². The van der Waals surface area contributed by atoms with Gasteiger partial charge in [-0.25, -0.2) is 0 Å². The molecule has 1 amide bonds.